The fourth-order valence-corrected chi connectivity index (χ4v) is 6.50. The summed E-state index contributed by atoms with van der Waals surface area (Å²) >= 11 is 0. The van der Waals surface area contributed by atoms with E-state index in [2.05, 4.69) is 0 Å². The molecule has 19 heteroatoms. The van der Waals surface area contributed by atoms with Crippen molar-refractivity contribution < 1.29 is 54.7 Å². The maximum atomic E-state index is 13.2. The number of hydrogen-bond donors (Lipinski definition) is 3. The van der Waals surface area contributed by atoms with Crippen LogP contribution in [0.15, 0.2) is 0 Å². The quantitative estimate of drug-likeness (QED) is 0.132. The largest absolute Gasteiger partial charge is 0.345 e. The molecule has 1 aliphatic rings. The van der Waals surface area contributed by atoms with Crippen LogP contribution in [0.5, 0.6) is 0 Å². The van der Waals surface area contributed by atoms with Gasteiger partial charge in [0, 0.05) is 58.8 Å². The summed E-state index contributed by atoms with van der Waals surface area (Å²) in [5, 5.41) is 2.04. The number of nitrogens with zero attached hydrogens (tertiary/aromatic N) is 4. The molecule has 1 saturated heterocycles. The van der Waals surface area contributed by atoms with Crippen LogP contribution in [0.4, 0.5) is 0 Å². The lowest BCUT2D eigenvalue weighted by molar-refractivity contribution is -0.131. The zero-order chi connectivity index (χ0) is 35.2. The molecular weight excluding hydrogens is 650 g/mol. The van der Waals surface area contributed by atoms with Gasteiger partial charge in [-0.25, -0.2) is 0 Å². The van der Waals surface area contributed by atoms with Crippen molar-refractivity contribution in [3.05, 3.63) is 0 Å². The van der Waals surface area contributed by atoms with Crippen molar-refractivity contribution in [3.63, 3.8) is 0 Å². The molecule has 1 amide bonds. The Morgan fingerprint density at radius 1 is 0.587 bits per heavy atom. The summed E-state index contributed by atoms with van der Waals surface area (Å²) in [4.78, 5) is 81.2. The predicted molar refractivity (Wildman–Crippen MR) is 166 cm³/mol. The molecule has 0 aromatic carbocycles. The molecule has 264 valence electrons. The zero-order valence-corrected chi connectivity index (χ0v) is 28.5. The van der Waals surface area contributed by atoms with Gasteiger partial charge in [-0.3, -0.25) is 57.5 Å². The molecule has 2 atom stereocenters. The third-order valence-corrected chi connectivity index (χ3v) is 8.69. The van der Waals surface area contributed by atoms with Crippen LogP contribution in [0.2, 0.25) is 0 Å². The molecular formula is C27H47N5O12S2. The highest BCUT2D eigenvalue weighted by Crippen LogP contribution is 2.11. The second kappa shape index (κ2) is 19.3. The Balaban J connectivity index is 3.19. The molecule has 1 heterocycles. The first kappa shape index (κ1) is 41.5. The van der Waals surface area contributed by atoms with E-state index in [1.807, 2.05) is 20.0 Å². The average Bonchev–Trinajstić information content (AvgIpc) is 2.86. The molecule has 0 saturated carbocycles. The van der Waals surface area contributed by atoms with E-state index < -0.39 is 67.6 Å². The first-order valence-corrected chi connectivity index (χ1v) is 18.0. The molecule has 0 radical (unpaired) electrons. The number of nitrogens with one attached hydrogen (secondary N) is 1. The fraction of sp³-hybridized carbons (Fsp3) is 0.778. The first-order valence-electron chi connectivity index (χ1n) is 14.7. The summed E-state index contributed by atoms with van der Waals surface area (Å²) in [5.74, 6) is -6.87. The van der Waals surface area contributed by atoms with Crippen LogP contribution >= 0.6 is 0 Å². The standard InChI is InChI=1S/C27H47N5O12S2/c1-20(33)14-29-5-7-30(15-21(2)34)9-11-32(12-10-31(8-6-29)16-22(3)35)17-25(37)13-24(18-45(39,40)41)27(38)28-26(23(4)36)19-46(42,43)44/h24,26H,5-19H2,1-4H3,(H,28,38)(H,39,40,41)(H,42,43,44)/t24-,26-/m0/s1. The minimum absolute atomic E-state index is 0.0238. The second-order valence-corrected chi connectivity index (χ2v) is 14.8. The van der Waals surface area contributed by atoms with E-state index in [9.17, 15) is 50.2 Å². The molecule has 0 bridgehead atoms. The Kier molecular flexibility index (Phi) is 17.4. The molecule has 3 N–H and O–H groups in total. The van der Waals surface area contributed by atoms with E-state index >= 15 is 0 Å². The Morgan fingerprint density at radius 2 is 0.913 bits per heavy atom. The Morgan fingerprint density at radius 3 is 1.20 bits per heavy atom. The lowest BCUT2D eigenvalue weighted by atomic mass is 10.0. The van der Waals surface area contributed by atoms with E-state index in [4.69, 9.17) is 4.55 Å². The smallest absolute Gasteiger partial charge is 0.267 e. The number of hydrogen-bond acceptors (Lipinski definition) is 14. The van der Waals surface area contributed by atoms with Crippen molar-refractivity contribution in [3.8, 4) is 0 Å². The predicted octanol–water partition coefficient (Wildman–Crippen LogP) is -2.60. The van der Waals surface area contributed by atoms with E-state index in [1.165, 1.54) is 20.8 Å². The van der Waals surface area contributed by atoms with Gasteiger partial charge in [-0.05, 0) is 27.7 Å². The number of amides is 1. The summed E-state index contributed by atoms with van der Waals surface area (Å²) < 4.78 is 64.5. The summed E-state index contributed by atoms with van der Waals surface area (Å²) in [6.07, 6.45) is -0.688. The molecule has 1 fully saturated rings. The van der Waals surface area contributed by atoms with Gasteiger partial charge in [0.25, 0.3) is 20.2 Å². The lowest BCUT2D eigenvalue weighted by Gasteiger charge is -2.33. The van der Waals surface area contributed by atoms with Gasteiger partial charge in [0.1, 0.15) is 34.9 Å². The van der Waals surface area contributed by atoms with Crippen LogP contribution in [0, 0.1) is 5.92 Å². The van der Waals surface area contributed by atoms with E-state index in [-0.39, 0.29) is 56.6 Å². The van der Waals surface area contributed by atoms with Gasteiger partial charge in [0.05, 0.1) is 37.8 Å². The summed E-state index contributed by atoms with van der Waals surface area (Å²) in [6.45, 7) is 8.59. The highest BCUT2D eigenvalue weighted by Gasteiger charge is 2.32. The summed E-state index contributed by atoms with van der Waals surface area (Å²) in [7, 11) is -9.51. The van der Waals surface area contributed by atoms with Gasteiger partial charge in [-0.2, -0.15) is 16.8 Å². The number of rotatable bonds is 17. The average molecular weight is 698 g/mol. The molecule has 17 nitrogen and oxygen atoms in total. The topological polar surface area (TPSA) is 236 Å². The van der Waals surface area contributed by atoms with Crippen molar-refractivity contribution in [1.82, 2.24) is 24.9 Å². The van der Waals surface area contributed by atoms with E-state index in [1.54, 1.807) is 4.90 Å². The van der Waals surface area contributed by atoms with Gasteiger partial charge in [-0.15, -0.1) is 0 Å². The number of carbonyl (C=O) groups is 6. The van der Waals surface area contributed by atoms with Crippen LogP contribution in [0.3, 0.4) is 0 Å². The summed E-state index contributed by atoms with van der Waals surface area (Å²) in [6, 6.07) is -1.72. The van der Waals surface area contributed by atoms with Crippen LogP contribution < -0.4 is 5.32 Å². The van der Waals surface area contributed by atoms with Gasteiger partial charge in [0.15, 0.2) is 5.78 Å². The monoisotopic (exact) mass is 697 g/mol. The number of carbonyl (C=O) groups excluding carboxylic acids is 6. The van der Waals surface area contributed by atoms with E-state index in [0.717, 1.165) is 6.92 Å². The fourth-order valence-electron chi connectivity index (χ4n) is 4.99. The Hall–Kier alpha value is -2.52. The zero-order valence-electron chi connectivity index (χ0n) is 26.8. The third kappa shape index (κ3) is 19.2. The molecule has 0 unspecified atom stereocenters. The SMILES string of the molecule is CC(=O)CN1CCN(CC(C)=O)CCN(CC(=O)C[C@@H](CS(=O)(=O)O)C(=O)N[C@@H](CS(=O)(=O)O)C(C)=O)CCN(CC(C)=O)CC1. The Labute approximate surface area is 270 Å². The first-order chi connectivity index (χ1) is 21.1. The van der Waals surface area contributed by atoms with Crippen molar-refractivity contribution >= 4 is 55.1 Å². The maximum Gasteiger partial charge on any atom is 0.267 e. The summed E-state index contributed by atoms with van der Waals surface area (Å²) in [5.41, 5.74) is 0. The van der Waals surface area contributed by atoms with Gasteiger partial charge in [-0.1, -0.05) is 0 Å². The lowest BCUT2D eigenvalue weighted by Crippen LogP contribution is -2.49. The van der Waals surface area contributed by atoms with Crippen LogP contribution in [0.25, 0.3) is 0 Å². The molecule has 1 aliphatic heterocycles. The Bertz CT molecular complexity index is 1290. The van der Waals surface area contributed by atoms with Gasteiger partial charge < -0.3 is 5.32 Å². The van der Waals surface area contributed by atoms with Crippen LogP contribution in [-0.2, 0) is 49.0 Å². The highest BCUT2D eigenvalue weighted by atomic mass is 32.2. The minimum atomic E-state index is -4.80. The third-order valence-electron chi connectivity index (χ3n) is 7.11. The minimum Gasteiger partial charge on any atom is -0.345 e. The van der Waals surface area contributed by atoms with Crippen molar-refractivity contribution in [1.29, 1.82) is 0 Å². The molecule has 0 aliphatic carbocycles. The van der Waals surface area contributed by atoms with Crippen molar-refractivity contribution in [2.45, 2.75) is 40.2 Å². The van der Waals surface area contributed by atoms with Crippen molar-refractivity contribution in [2.24, 2.45) is 5.92 Å². The highest BCUT2D eigenvalue weighted by molar-refractivity contribution is 7.86. The molecule has 0 aromatic heterocycles. The normalized spacial score (nSPS) is 18.5. The van der Waals surface area contributed by atoms with Crippen molar-refractivity contribution in [2.75, 3.05) is 90.0 Å². The van der Waals surface area contributed by atoms with Crippen LogP contribution in [0.1, 0.15) is 34.1 Å². The molecule has 0 aromatic rings. The number of ketones is 5. The van der Waals surface area contributed by atoms with Crippen LogP contribution in [-0.4, -0.2) is 176 Å². The van der Waals surface area contributed by atoms with Gasteiger partial charge in [0.2, 0.25) is 5.91 Å². The van der Waals surface area contributed by atoms with Gasteiger partial charge >= 0.3 is 0 Å². The van der Waals surface area contributed by atoms with E-state index in [0.29, 0.717) is 39.3 Å². The molecule has 1 rings (SSSR count). The second-order valence-electron chi connectivity index (χ2n) is 11.8. The number of Topliss-reactive ketones (excluding diaryl/α,β-unsaturated/α-hetero) is 5. The maximum absolute atomic E-state index is 13.2. The molecule has 0 spiro atoms. The molecule has 46 heavy (non-hydrogen) atoms.